The quantitative estimate of drug-likeness (QED) is 0.217. The van der Waals surface area contributed by atoms with Crippen molar-refractivity contribution in [2.24, 2.45) is 0 Å². The molecule has 0 amide bonds. The zero-order valence-corrected chi connectivity index (χ0v) is 16.4. The van der Waals surface area contributed by atoms with Gasteiger partial charge in [-0.25, -0.2) is 22.0 Å². The predicted octanol–water partition coefficient (Wildman–Crippen LogP) is 4.78. The van der Waals surface area contributed by atoms with Crippen LogP contribution in [-0.4, -0.2) is 26.1 Å². The van der Waals surface area contributed by atoms with Gasteiger partial charge in [-0.2, -0.15) is 0 Å². The van der Waals surface area contributed by atoms with Crippen LogP contribution in [0.5, 0.6) is 5.75 Å². The van der Waals surface area contributed by atoms with Crippen LogP contribution in [0.2, 0.25) is 0 Å². The maximum absolute atomic E-state index is 12.5. The third-order valence-electron chi connectivity index (χ3n) is 3.32. The number of rotatable bonds is 5. The van der Waals surface area contributed by atoms with Crippen molar-refractivity contribution < 1.29 is 43.8 Å². The van der Waals surface area contributed by atoms with E-state index in [1.165, 1.54) is 0 Å². The Morgan fingerprint density at radius 2 is 1.24 bits per heavy atom. The molecule has 2 rings (SSSR count). The molecule has 0 aliphatic carbocycles. The highest BCUT2D eigenvalue weighted by molar-refractivity contribution is 8.00. The minimum atomic E-state index is -6.30. The van der Waals surface area contributed by atoms with Gasteiger partial charge >= 0.3 is 6.98 Å². The van der Waals surface area contributed by atoms with Crippen LogP contribution in [0.3, 0.4) is 0 Å². The van der Waals surface area contributed by atoms with E-state index in [4.69, 9.17) is 4.74 Å². The summed E-state index contributed by atoms with van der Waals surface area (Å²) in [5, 5.41) is 0. The lowest BCUT2D eigenvalue weighted by Crippen LogP contribution is -2.41. The van der Waals surface area contributed by atoms with Crippen molar-refractivity contribution in [2.45, 2.75) is 12.7 Å². The summed E-state index contributed by atoms with van der Waals surface area (Å²) < 4.78 is 114. The molecule has 0 aromatic heterocycles. The molecule has 0 spiro atoms. The van der Waals surface area contributed by atoms with E-state index in [9.17, 15) is 39.1 Å². The second-order valence-electron chi connectivity index (χ2n) is 6.22. The maximum atomic E-state index is 12.5. The van der Waals surface area contributed by atoms with Crippen molar-refractivity contribution in [1.29, 1.82) is 0 Å². The van der Waals surface area contributed by atoms with E-state index in [1.54, 1.807) is 12.5 Å². The highest BCUT2D eigenvalue weighted by Crippen LogP contribution is 2.21. The Hall–Kier alpha value is -2.11. The standard InChI is InChI=1S/C11H17O2S.C6BF8/c1-4-13-11-7-5-10(6-8-11)9-14(2,3)12;8-2-1(7(13,14)15)3(9)5(11)6(12)4(2)10/h5-8H,4,9H2,1-3H3;/q+1;-1. The molecule has 0 bridgehead atoms. The van der Waals surface area contributed by atoms with Crippen molar-refractivity contribution in [2.75, 3.05) is 19.1 Å². The molecular formula is C17H17BF8O2S. The monoisotopic (exact) mass is 448 g/mol. The molecule has 0 aliphatic heterocycles. The highest BCUT2D eigenvalue weighted by atomic mass is 32.2. The van der Waals surface area contributed by atoms with Gasteiger partial charge in [0.1, 0.15) is 35.6 Å². The lowest BCUT2D eigenvalue weighted by Gasteiger charge is -2.17. The molecule has 0 atom stereocenters. The Morgan fingerprint density at radius 1 is 0.828 bits per heavy atom. The zero-order valence-electron chi connectivity index (χ0n) is 15.5. The minimum Gasteiger partial charge on any atom is -0.494 e. The van der Waals surface area contributed by atoms with Gasteiger partial charge in [-0.05, 0) is 24.5 Å². The fourth-order valence-electron chi connectivity index (χ4n) is 2.16. The largest absolute Gasteiger partial charge is 0.515 e. The number of ether oxygens (including phenoxy) is 1. The van der Waals surface area contributed by atoms with Crippen LogP contribution >= 0.6 is 0 Å². The van der Waals surface area contributed by atoms with Crippen LogP contribution in [0.1, 0.15) is 12.5 Å². The molecule has 162 valence electrons. The average molecular weight is 448 g/mol. The Kier molecular flexibility index (Phi) is 8.25. The van der Waals surface area contributed by atoms with E-state index in [0.717, 1.165) is 11.3 Å². The van der Waals surface area contributed by atoms with E-state index in [1.807, 2.05) is 31.2 Å². The second kappa shape index (κ2) is 9.60. The first kappa shape index (κ1) is 24.9. The molecular weight excluding hydrogens is 431 g/mol. The lowest BCUT2D eigenvalue weighted by molar-refractivity contribution is 0.340. The summed E-state index contributed by atoms with van der Waals surface area (Å²) >= 11 is 0. The van der Waals surface area contributed by atoms with E-state index in [2.05, 4.69) is 0 Å². The molecule has 0 unspecified atom stereocenters. The van der Waals surface area contributed by atoms with Gasteiger partial charge in [-0.3, -0.25) is 0 Å². The van der Waals surface area contributed by atoms with E-state index in [0.29, 0.717) is 12.4 Å². The Balaban J connectivity index is 0.000000291. The van der Waals surface area contributed by atoms with Crippen molar-refractivity contribution in [1.82, 2.24) is 0 Å². The topological polar surface area (TPSA) is 26.3 Å². The summed E-state index contributed by atoms with van der Waals surface area (Å²) in [6, 6.07) is 7.78. The van der Waals surface area contributed by atoms with Crippen molar-refractivity contribution in [3.63, 3.8) is 0 Å². The van der Waals surface area contributed by atoms with Gasteiger partial charge in [0.2, 0.25) is 0 Å². The molecule has 0 fully saturated rings. The highest BCUT2D eigenvalue weighted by Gasteiger charge is 2.37. The van der Waals surface area contributed by atoms with Gasteiger partial charge in [0.15, 0.2) is 17.5 Å². The molecule has 2 aromatic carbocycles. The van der Waals surface area contributed by atoms with Crippen molar-refractivity contribution >= 4 is 22.4 Å². The Bertz CT molecular complexity index is 865. The molecule has 0 aliphatic rings. The van der Waals surface area contributed by atoms with Crippen molar-refractivity contribution in [3.8, 4) is 5.75 Å². The summed E-state index contributed by atoms with van der Waals surface area (Å²) in [4.78, 5) is 0. The van der Waals surface area contributed by atoms with Crippen LogP contribution in [0, 0.1) is 29.1 Å². The lowest BCUT2D eigenvalue weighted by atomic mass is 9.79. The van der Waals surface area contributed by atoms with Crippen LogP contribution in [-0.2, 0) is 19.9 Å². The van der Waals surface area contributed by atoms with Gasteiger partial charge in [-0.1, -0.05) is 12.1 Å². The minimum absolute atomic E-state index is 0.638. The van der Waals surface area contributed by atoms with Gasteiger partial charge in [0.05, 0.1) is 16.5 Å². The first-order valence-electron chi connectivity index (χ1n) is 8.03. The van der Waals surface area contributed by atoms with Crippen LogP contribution in [0.4, 0.5) is 34.9 Å². The molecule has 0 heterocycles. The molecule has 0 saturated heterocycles. The summed E-state index contributed by atoms with van der Waals surface area (Å²) in [5.74, 6) is -12.0. The van der Waals surface area contributed by atoms with Crippen LogP contribution < -0.4 is 10.2 Å². The molecule has 2 aromatic rings. The molecule has 0 saturated carbocycles. The fraction of sp³-hybridized carbons (Fsp3) is 0.294. The SMILES string of the molecule is CCOc1ccc(C[S+](C)(C)=O)cc1.Fc1c(F)c(F)c([B-](F)(F)F)c(F)c1F. The molecule has 2 nitrogen and oxygen atoms in total. The molecule has 29 heavy (non-hydrogen) atoms. The van der Waals surface area contributed by atoms with E-state index >= 15 is 0 Å². The third kappa shape index (κ3) is 7.02. The van der Waals surface area contributed by atoms with Gasteiger partial charge in [0.25, 0.3) is 0 Å². The number of hydrogen-bond donors (Lipinski definition) is 0. The maximum Gasteiger partial charge on any atom is 0.515 e. The Labute approximate surface area is 163 Å². The molecule has 0 N–H and O–H groups in total. The second-order valence-corrected chi connectivity index (χ2v) is 9.38. The first-order valence-corrected chi connectivity index (χ1v) is 10.6. The smallest absolute Gasteiger partial charge is 0.494 e. The van der Waals surface area contributed by atoms with E-state index in [-0.39, 0.29) is 0 Å². The molecule has 12 heteroatoms. The van der Waals surface area contributed by atoms with Gasteiger partial charge in [-0.15, -0.1) is 4.21 Å². The fourth-order valence-corrected chi connectivity index (χ4v) is 3.15. The van der Waals surface area contributed by atoms with E-state index < -0.39 is 51.5 Å². The summed E-state index contributed by atoms with van der Waals surface area (Å²) in [6.45, 7) is -3.67. The first-order chi connectivity index (χ1) is 13.2. The summed E-state index contributed by atoms with van der Waals surface area (Å²) in [7, 11) is -1.69. The zero-order chi connectivity index (χ0) is 22.6. The predicted molar refractivity (Wildman–Crippen MR) is 96.2 cm³/mol. The summed E-state index contributed by atoms with van der Waals surface area (Å²) in [6.07, 6.45) is 3.56. The van der Waals surface area contributed by atoms with Crippen LogP contribution in [0.15, 0.2) is 24.3 Å². The molecule has 0 radical (unpaired) electrons. The van der Waals surface area contributed by atoms with Gasteiger partial charge < -0.3 is 17.7 Å². The third-order valence-corrected chi connectivity index (χ3v) is 4.35. The number of benzene rings is 2. The number of halogens is 8. The summed E-state index contributed by atoms with van der Waals surface area (Å²) in [5.41, 5.74) is -1.63. The number of hydrogen-bond acceptors (Lipinski definition) is 2. The van der Waals surface area contributed by atoms with Gasteiger partial charge in [0, 0.05) is 5.56 Å². The van der Waals surface area contributed by atoms with Crippen molar-refractivity contribution in [3.05, 3.63) is 58.9 Å². The van der Waals surface area contributed by atoms with Crippen LogP contribution in [0.25, 0.3) is 0 Å². The average Bonchev–Trinajstić information content (AvgIpc) is 2.58. The Morgan fingerprint density at radius 3 is 1.59 bits per heavy atom. The normalized spacial score (nSPS) is 11.7.